The summed E-state index contributed by atoms with van der Waals surface area (Å²) >= 11 is 0. The van der Waals surface area contributed by atoms with E-state index in [1.165, 1.54) is 6.92 Å². The van der Waals surface area contributed by atoms with Gasteiger partial charge in [-0.3, -0.25) is 4.79 Å². The van der Waals surface area contributed by atoms with Crippen molar-refractivity contribution in [3.05, 3.63) is 48.7 Å². The summed E-state index contributed by atoms with van der Waals surface area (Å²) in [6.45, 7) is 4.16. The number of ether oxygens (including phenoxy) is 1. The van der Waals surface area contributed by atoms with Crippen LogP contribution in [0.4, 0.5) is 29.0 Å². The van der Waals surface area contributed by atoms with E-state index >= 15 is 0 Å². The number of carbonyl (C=O) groups excluding carboxylic acids is 1. The fourth-order valence-corrected chi connectivity index (χ4v) is 3.14. The number of nitrogens with one attached hydrogen (secondary N) is 2. The first-order valence-electron chi connectivity index (χ1n) is 9.66. The van der Waals surface area contributed by atoms with Gasteiger partial charge in [0.25, 0.3) is 0 Å². The minimum Gasteiger partial charge on any atom is -0.384 e. The zero-order valence-corrected chi connectivity index (χ0v) is 16.6. The molecule has 1 amide bonds. The summed E-state index contributed by atoms with van der Waals surface area (Å²) in [7, 11) is 0. The van der Waals surface area contributed by atoms with Crippen LogP contribution < -0.4 is 21.3 Å². The maximum absolute atomic E-state index is 11.5. The van der Waals surface area contributed by atoms with Crippen molar-refractivity contribution in [1.82, 2.24) is 15.0 Å². The smallest absolute Gasteiger partial charge is 0.228 e. The zero-order valence-electron chi connectivity index (χ0n) is 16.6. The first kappa shape index (κ1) is 19.6. The molecular formula is C21H23N7O2. The molecule has 3 aromatic rings. The molecule has 1 fully saturated rings. The monoisotopic (exact) mass is 405 g/mol. The van der Waals surface area contributed by atoms with Gasteiger partial charge in [0, 0.05) is 37.8 Å². The number of nitrogens with two attached hydrogens (primary N) is 1. The highest BCUT2D eigenvalue weighted by molar-refractivity contribution is 5.93. The normalized spacial score (nSPS) is 13.7. The lowest BCUT2D eigenvalue weighted by molar-refractivity contribution is -0.114. The first-order valence-corrected chi connectivity index (χ1v) is 9.66. The van der Waals surface area contributed by atoms with Crippen molar-refractivity contribution >= 4 is 34.9 Å². The number of pyridine rings is 1. The Bertz CT molecular complexity index is 1030. The van der Waals surface area contributed by atoms with Gasteiger partial charge in [-0.2, -0.15) is 4.98 Å². The van der Waals surface area contributed by atoms with Crippen molar-refractivity contribution in [2.75, 3.05) is 47.6 Å². The van der Waals surface area contributed by atoms with Crippen molar-refractivity contribution in [3.63, 3.8) is 0 Å². The third-order valence-electron chi connectivity index (χ3n) is 4.59. The third-order valence-corrected chi connectivity index (χ3v) is 4.59. The molecule has 1 aliphatic heterocycles. The number of morpholine rings is 1. The zero-order chi connectivity index (χ0) is 20.9. The molecule has 0 atom stereocenters. The average molecular weight is 405 g/mol. The average Bonchev–Trinajstić information content (AvgIpc) is 2.76. The fraction of sp³-hybridized carbons (Fsp3) is 0.238. The molecule has 30 heavy (non-hydrogen) atoms. The second-order valence-electron chi connectivity index (χ2n) is 6.86. The molecule has 1 aliphatic rings. The van der Waals surface area contributed by atoms with Gasteiger partial charge in [-0.1, -0.05) is 12.1 Å². The Morgan fingerprint density at radius 2 is 1.87 bits per heavy atom. The summed E-state index contributed by atoms with van der Waals surface area (Å²) in [6, 6.07) is 12.9. The fourth-order valence-electron chi connectivity index (χ4n) is 3.14. The molecule has 2 aromatic heterocycles. The predicted octanol–water partition coefficient (Wildman–Crippen LogP) is 2.66. The van der Waals surface area contributed by atoms with Gasteiger partial charge in [-0.25, -0.2) is 9.97 Å². The highest BCUT2D eigenvalue weighted by atomic mass is 16.5. The predicted molar refractivity (Wildman–Crippen MR) is 117 cm³/mol. The molecule has 0 spiro atoms. The number of aromatic nitrogens is 3. The summed E-state index contributed by atoms with van der Waals surface area (Å²) in [5, 5.41) is 6.14. The molecule has 9 nitrogen and oxygen atoms in total. The molecule has 4 N–H and O–H groups in total. The number of rotatable bonds is 5. The van der Waals surface area contributed by atoms with Crippen LogP contribution in [0, 0.1) is 0 Å². The Kier molecular flexibility index (Phi) is 5.71. The molecule has 0 aliphatic carbocycles. The van der Waals surface area contributed by atoms with Crippen LogP contribution >= 0.6 is 0 Å². The van der Waals surface area contributed by atoms with E-state index in [2.05, 4.69) is 20.5 Å². The van der Waals surface area contributed by atoms with Gasteiger partial charge in [0.05, 0.1) is 30.3 Å². The lowest BCUT2D eigenvalue weighted by atomic mass is 10.2. The lowest BCUT2D eigenvalue weighted by Gasteiger charge is -2.27. The first-order chi connectivity index (χ1) is 14.6. The van der Waals surface area contributed by atoms with Gasteiger partial charge in [0.15, 0.2) is 0 Å². The highest BCUT2D eigenvalue weighted by Crippen LogP contribution is 2.28. The van der Waals surface area contributed by atoms with E-state index in [-0.39, 0.29) is 5.91 Å². The van der Waals surface area contributed by atoms with Gasteiger partial charge in [0.1, 0.15) is 11.6 Å². The maximum atomic E-state index is 11.5. The summed E-state index contributed by atoms with van der Waals surface area (Å²) in [5.41, 5.74) is 8.69. The molecule has 9 heteroatoms. The van der Waals surface area contributed by atoms with Crippen molar-refractivity contribution in [2.24, 2.45) is 0 Å². The minimum atomic E-state index is -0.144. The molecule has 0 bridgehead atoms. The van der Waals surface area contributed by atoms with E-state index in [1.54, 1.807) is 12.3 Å². The van der Waals surface area contributed by atoms with E-state index < -0.39 is 0 Å². The Labute approximate surface area is 174 Å². The molecule has 0 radical (unpaired) electrons. The molecule has 4 rings (SSSR count). The van der Waals surface area contributed by atoms with Gasteiger partial charge >= 0.3 is 0 Å². The number of benzene rings is 1. The standard InChI is InChI=1S/C21H23N7O2/c1-14(29)24-16-4-2-3-5-17(16)25-20-12-18(15-6-7-19(22)23-13-15)26-21(27-20)28-8-10-30-11-9-28/h2-7,12-13H,8-11H2,1H3,(H2,22,23)(H,24,29)(H,25,26,27). The van der Waals surface area contributed by atoms with Crippen LogP contribution in [0.1, 0.15) is 6.92 Å². The molecule has 154 valence electrons. The van der Waals surface area contributed by atoms with E-state index in [0.29, 0.717) is 49.6 Å². The molecule has 1 aromatic carbocycles. The second kappa shape index (κ2) is 8.75. The second-order valence-corrected chi connectivity index (χ2v) is 6.86. The molecule has 0 unspecified atom stereocenters. The van der Waals surface area contributed by atoms with Gasteiger partial charge < -0.3 is 26.0 Å². The van der Waals surface area contributed by atoms with E-state index in [4.69, 9.17) is 20.4 Å². The van der Waals surface area contributed by atoms with Crippen LogP contribution in [-0.4, -0.2) is 47.2 Å². The van der Waals surface area contributed by atoms with Crippen molar-refractivity contribution in [1.29, 1.82) is 0 Å². The Hall–Kier alpha value is -3.72. The van der Waals surface area contributed by atoms with E-state index in [9.17, 15) is 4.79 Å². The molecular weight excluding hydrogens is 382 g/mol. The van der Waals surface area contributed by atoms with Crippen molar-refractivity contribution in [2.45, 2.75) is 6.92 Å². The number of hydrogen-bond donors (Lipinski definition) is 3. The maximum Gasteiger partial charge on any atom is 0.228 e. The third kappa shape index (κ3) is 4.64. The van der Waals surface area contributed by atoms with Crippen LogP contribution in [0.25, 0.3) is 11.3 Å². The molecule has 3 heterocycles. The van der Waals surface area contributed by atoms with Crippen LogP contribution in [0.15, 0.2) is 48.7 Å². The Morgan fingerprint density at radius 3 is 2.57 bits per heavy atom. The number of nitrogens with zero attached hydrogens (tertiary/aromatic N) is 4. The highest BCUT2D eigenvalue weighted by Gasteiger charge is 2.17. The van der Waals surface area contributed by atoms with E-state index in [1.807, 2.05) is 36.4 Å². The van der Waals surface area contributed by atoms with Crippen molar-refractivity contribution < 1.29 is 9.53 Å². The number of nitrogen functional groups attached to an aromatic ring is 1. The number of carbonyl (C=O) groups is 1. The van der Waals surface area contributed by atoms with Crippen LogP contribution in [0.3, 0.4) is 0 Å². The number of hydrogen-bond acceptors (Lipinski definition) is 8. The minimum absolute atomic E-state index is 0.144. The summed E-state index contributed by atoms with van der Waals surface area (Å²) in [5.74, 6) is 1.52. The van der Waals surface area contributed by atoms with Crippen molar-refractivity contribution in [3.8, 4) is 11.3 Å². The lowest BCUT2D eigenvalue weighted by Crippen LogP contribution is -2.37. The number of amides is 1. The topological polar surface area (TPSA) is 118 Å². The summed E-state index contributed by atoms with van der Waals surface area (Å²) in [4.78, 5) is 27.2. The van der Waals surface area contributed by atoms with Crippen LogP contribution in [0.2, 0.25) is 0 Å². The summed E-state index contributed by atoms with van der Waals surface area (Å²) < 4.78 is 5.45. The number of para-hydroxylation sites is 2. The van der Waals surface area contributed by atoms with E-state index in [0.717, 1.165) is 16.9 Å². The number of anilines is 5. The summed E-state index contributed by atoms with van der Waals surface area (Å²) in [6.07, 6.45) is 1.69. The molecule has 1 saturated heterocycles. The van der Waals surface area contributed by atoms with Crippen LogP contribution in [0.5, 0.6) is 0 Å². The Morgan fingerprint density at radius 1 is 1.10 bits per heavy atom. The Balaban J connectivity index is 1.72. The largest absolute Gasteiger partial charge is 0.384 e. The van der Waals surface area contributed by atoms with Gasteiger partial charge in [-0.15, -0.1) is 0 Å². The quantitative estimate of drug-likeness (QED) is 0.593. The van der Waals surface area contributed by atoms with Crippen LogP contribution in [-0.2, 0) is 9.53 Å². The van der Waals surface area contributed by atoms with Gasteiger partial charge in [-0.05, 0) is 24.3 Å². The van der Waals surface area contributed by atoms with Gasteiger partial charge in [0.2, 0.25) is 11.9 Å². The molecule has 0 saturated carbocycles. The SMILES string of the molecule is CC(=O)Nc1ccccc1Nc1cc(-c2ccc(N)nc2)nc(N2CCOCC2)n1.